The van der Waals surface area contributed by atoms with Crippen LogP contribution in [0.1, 0.15) is 34.6 Å². The van der Waals surface area contributed by atoms with Gasteiger partial charge in [0.15, 0.2) is 0 Å². The molecule has 0 bridgehead atoms. The molecule has 1 heterocycles. The molecule has 0 radical (unpaired) electrons. The first-order chi connectivity index (χ1) is 8.16. The Morgan fingerprint density at radius 2 is 2.06 bits per heavy atom. The molecule has 0 unspecified atom stereocenters. The summed E-state index contributed by atoms with van der Waals surface area (Å²) in [7, 11) is 0. The van der Waals surface area contributed by atoms with Crippen molar-refractivity contribution in [1.82, 2.24) is 0 Å². The fourth-order valence-corrected chi connectivity index (χ4v) is 2.55. The first kappa shape index (κ1) is 12.1. The van der Waals surface area contributed by atoms with Crippen LogP contribution in [0.15, 0.2) is 41.8 Å². The van der Waals surface area contributed by atoms with Gasteiger partial charge in [0.05, 0.1) is 4.88 Å². The van der Waals surface area contributed by atoms with Gasteiger partial charge in [-0.2, -0.15) is 0 Å². The maximum absolute atomic E-state index is 12.2. The molecule has 0 N–H and O–H groups in total. The number of benzene rings is 1. The van der Waals surface area contributed by atoms with Gasteiger partial charge < -0.3 is 0 Å². The zero-order valence-electron chi connectivity index (χ0n) is 10.1. The molecule has 0 saturated carbocycles. The van der Waals surface area contributed by atoms with E-state index >= 15 is 0 Å². The van der Waals surface area contributed by atoms with Crippen molar-refractivity contribution >= 4 is 17.1 Å². The number of ketones is 1. The lowest BCUT2D eigenvalue weighted by Gasteiger charge is -2.06. The van der Waals surface area contributed by atoms with E-state index in [0.29, 0.717) is 5.92 Å². The highest BCUT2D eigenvalue weighted by Gasteiger charge is 2.10. The van der Waals surface area contributed by atoms with Crippen molar-refractivity contribution in [1.29, 1.82) is 0 Å². The first-order valence-corrected chi connectivity index (χ1v) is 6.72. The summed E-state index contributed by atoms with van der Waals surface area (Å²) in [4.78, 5) is 13.0. The van der Waals surface area contributed by atoms with E-state index in [4.69, 9.17) is 0 Å². The first-order valence-electron chi connectivity index (χ1n) is 5.84. The largest absolute Gasteiger partial charge is 0.288 e. The fraction of sp³-hybridized carbons (Fsp3) is 0.267. The Bertz CT molecular complexity index is 497. The molecular formula is C15H16OS. The van der Waals surface area contributed by atoms with E-state index in [1.54, 1.807) is 0 Å². The van der Waals surface area contributed by atoms with Gasteiger partial charge in [0, 0.05) is 5.56 Å². The SMILES string of the molecule is CC(C)Cc1cccc(C(=O)c2cccs2)c1. The molecule has 2 heteroatoms. The Kier molecular flexibility index (Phi) is 3.75. The van der Waals surface area contributed by atoms with Crippen LogP contribution in [0.3, 0.4) is 0 Å². The van der Waals surface area contributed by atoms with Gasteiger partial charge in [-0.05, 0) is 35.4 Å². The van der Waals surface area contributed by atoms with E-state index in [1.165, 1.54) is 16.9 Å². The molecule has 0 aliphatic heterocycles. The number of carbonyl (C=O) groups excluding carboxylic acids is 1. The molecule has 0 atom stereocenters. The van der Waals surface area contributed by atoms with Crippen molar-refractivity contribution in [3.63, 3.8) is 0 Å². The average Bonchev–Trinajstić information content (AvgIpc) is 2.81. The summed E-state index contributed by atoms with van der Waals surface area (Å²) in [6.07, 6.45) is 1.02. The Hall–Kier alpha value is -1.41. The van der Waals surface area contributed by atoms with E-state index in [-0.39, 0.29) is 5.78 Å². The molecule has 2 rings (SSSR count). The Labute approximate surface area is 106 Å². The molecule has 0 saturated heterocycles. The van der Waals surface area contributed by atoms with E-state index in [2.05, 4.69) is 19.9 Å². The Morgan fingerprint density at radius 1 is 1.24 bits per heavy atom. The molecule has 1 aromatic carbocycles. The molecule has 1 aromatic heterocycles. The average molecular weight is 244 g/mol. The zero-order chi connectivity index (χ0) is 12.3. The molecule has 0 spiro atoms. The van der Waals surface area contributed by atoms with Gasteiger partial charge in [0.2, 0.25) is 5.78 Å². The smallest absolute Gasteiger partial charge is 0.202 e. The number of hydrogen-bond acceptors (Lipinski definition) is 2. The van der Waals surface area contributed by atoms with Crippen molar-refractivity contribution in [2.45, 2.75) is 20.3 Å². The monoisotopic (exact) mass is 244 g/mol. The van der Waals surface area contributed by atoms with Crippen LogP contribution in [-0.2, 0) is 6.42 Å². The number of carbonyl (C=O) groups is 1. The lowest BCUT2D eigenvalue weighted by molar-refractivity contribution is 0.104. The highest BCUT2D eigenvalue weighted by atomic mass is 32.1. The third-order valence-electron chi connectivity index (χ3n) is 2.58. The van der Waals surface area contributed by atoms with Crippen LogP contribution in [0.5, 0.6) is 0 Å². The number of thiophene rings is 1. The second-order valence-electron chi connectivity index (χ2n) is 4.60. The summed E-state index contributed by atoms with van der Waals surface area (Å²) < 4.78 is 0. The van der Waals surface area contributed by atoms with E-state index in [9.17, 15) is 4.79 Å². The minimum Gasteiger partial charge on any atom is -0.288 e. The second-order valence-corrected chi connectivity index (χ2v) is 5.55. The predicted molar refractivity (Wildman–Crippen MR) is 72.7 cm³/mol. The highest BCUT2D eigenvalue weighted by molar-refractivity contribution is 7.12. The van der Waals surface area contributed by atoms with Gasteiger partial charge in [0.25, 0.3) is 0 Å². The van der Waals surface area contributed by atoms with Crippen LogP contribution in [0.25, 0.3) is 0 Å². The van der Waals surface area contributed by atoms with Gasteiger partial charge >= 0.3 is 0 Å². The number of rotatable bonds is 4. The topological polar surface area (TPSA) is 17.1 Å². The molecule has 88 valence electrons. The van der Waals surface area contributed by atoms with E-state index in [0.717, 1.165) is 16.9 Å². The summed E-state index contributed by atoms with van der Waals surface area (Å²) in [5, 5.41) is 1.94. The summed E-state index contributed by atoms with van der Waals surface area (Å²) in [6.45, 7) is 4.38. The molecule has 0 amide bonds. The number of hydrogen-bond donors (Lipinski definition) is 0. The molecule has 2 aromatic rings. The summed E-state index contributed by atoms with van der Waals surface area (Å²) in [6, 6.07) is 11.8. The van der Waals surface area contributed by atoms with Crippen molar-refractivity contribution in [2.24, 2.45) is 5.92 Å². The third kappa shape index (κ3) is 3.04. The van der Waals surface area contributed by atoms with Gasteiger partial charge in [-0.1, -0.05) is 38.1 Å². The summed E-state index contributed by atoms with van der Waals surface area (Å²) >= 11 is 1.50. The maximum atomic E-state index is 12.2. The van der Waals surface area contributed by atoms with Gasteiger partial charge in [0.1, 0.15) is 0 Å². The standard InChI is InChI=1S/C15H16OS/c1-11(2)9-12-5-3-6-13(10-12)15(16)14-7-4-8-17-14/h3-8,10-11H,9H2,1-2H3. The lowest BCUT2D eigenvalue weighted by atomic mass is 9.99. The van der Waals surface area contributed by atoms with Crippen LogP contribution < -0.4 is 0 Å². The fourth-order valence-electron chi connectivity index (χ4n) is 1.86. The highest BCUT2D eigenvalue weighted by Crippen LogP contribution is 2.17. The van der Waals surface area contributed by atoms with Crippen LogP contribution >= 0.6 is 11.3 Å². The van der Waals surface area contributed by atoms with Crippen LogP contribution in [0.2, 0.25) is 0 Å². The molecule has 0 aliphatic carbocycles. The Morgan fingerprint density at radius 3 is 2.71 bits per heavy atom. The molecule has 0 fully saturated rings. The summed E-state index contributed by atoms with van der Waals surface area (Å²) in [5.74, 6) is 0.743. The molecular weight excluding hydrogens is 228 g/mol. The second kappa shape index (κ2) is 5.28. The van der Waals surface area contributed by atoms with Crippen molar-refractivity contribution in [3.05, 3.63) is 57.8 Å². The van der Waals surface area contributed by atoms with Crippen molar-refractivity contribution in [3.8, 4) is 0 Å². The van der Waals surface area contributed by atoms with E-state index < -0.39 is 0 Å². The van der Waals surface area contributed by atoms with Crippen LogP contribution in [-0.4, -0.2) is 5.78 Å². The van der Waals surface area contributed by atoms with Crippen LogP contribution in [0.4, 0.5) is 0 Å². The minimum absolute atomic E-state index is 0.130. The van der Waals surface area contributed by atoms with Crippen molar-refractivity contribution in [2.75, 3.05) is 0 Å². The van der Waals surface area contributed by atoms with Crippen LogP contribution in [0, 0.1) is 5.92 Å². The molecule has 17 heavy (non-hydrogen) atoms. The normalized spacial score (nSPS) is 10.8. The van der Waals surface area contributed by atoms with Gasteiger partial charge in [-0.15, -0.1) is 11.3 Å². The predicted octanol–water partition coefficient (Wildman–Crippen LogP) is 4.18. The molecule has 0 aliphatic rings. The lowest BCUT2D eigenvalue weighted by Crippen LogP contribution is -2.01. The minimum atomic E-state index is 0.130. The summed E-state index contributed by atoms with van der Waals surface area (Å²) in [5.41, 5.74) is 2.04. The quantitative estimate of drug-likeness (QED) is 0.737. The zero-order valence-corrected chi connectivity index (χ0v) is 11.0. The third-order valence-corrected chi connectivity index (χ3v) is 3.45. The van der Waals surface area contributed by atoms with Gasteiger partial charge in [-0.3, -0.25) is 4.79 Å². The maximum Gasteiger partial charge on any atom is 0.202 e. The van der Waals surface area contributed by atoms with Crippen molar-refractivity contribution < 1.29 is 4.79 Å². The Balaban J connectivity index is 2.24. The molecule has 1 nitrogen and oxygen atoms in total. The van der Waals surface area contributed by atoms with E-state index in [1.807, 2.05) is 35.7 Å². The van der Waals surface area contributed by atoms with Gasteiger partial charge in [-0.25, -0.2) is 0 Å².